The molecule has 0 unspecified atom stereocenters. The lowest BCUT2D eigenvalue weighted by molar-refractivity contribution is -0.140. The zero-order valence-electron chi connectivity index (χ0n) is 18.4. The zero-order valence-corrected chi connectivity index (χ0v) is 18.4. The first-order valence-electron chi connectivity index (χ1n) is 11.5. The first-order chi connectivity index (χ1) is 13.8. The molecule has 2 fully saturated rings. The van der Waals surface area contributed by atoms with Crippen molar-refractivity contribution < 1.29 is 14.3 Å². The molecule has 4 rings (SSSR count). The van der Waals surface area contributed by atoms with Gasteiger partial charge < -0.3 is 4.74 Å². The maximum atomic E-state index is 11.9. The molecule has 0 amide bonds. The van der Waals surface area contributed by atoms with E-state index in [1.165, 1.54) is 38.4 Å². The number of ether oxygens (including phenoxy) is 1. The molecule has 0 bridgehead atoms. The molecule has 0 aromatic carbocycles. The van der Waals surface area contributed by atoms with E-state index in [1.807, 2.05) is 6.08 Å². The van der Waals surface area contributed by atoms with Crippen molar-refractivity contribution in [2.45, 2.75) is 65.7 Å². The molecule has 0 radical (unpaired) electrons. The number of carbonyl (C=O) groups is 2. The third-order valence-electron chi connectivity index (χ3n) is 9.14. The summed E-state index contributed by atoms with van der Waals surface area (Å²) in [5, 5.41) is 0. The second-order valence-corrected chi connectivity index (χ2v) is 10.4. The summed E-state index contributed by atoms with van der Waals surface area (Å²) in [5.41, 5.74) is 1.61. The van der Waals surface area contributed by atoms with Crippen LogP contribution in [0.3, 0.4) is 0 Å². The Morgan fingerprint density at radius 1 is 1.21 bits per heavy atom. The molecule has 7 atom stereocenters. The fraction of sp³-hybridized carbons (Fsp3) is 0.692. The van der Waals surface area contributed by atoms with E-state index in [4.69, 9.17) is 4.74 Å². The van der Waals surface area contributed by atoms with Gasteiger partial charge in [0.2, 0.25) is 0 Å². The van der Waals surface area contributed by atoms with Gasteiger partial charge in [-0.2, -0.15) is 0 Å². The first kappa shape index (κ1) is 20.6. The van der Waals surface area contributed by atoms with Crippen molar-refractivity contribution in [3.8, 4) is 0 Å². The van der Waals surface area contributed by atoms with Crippen LogP contribution in [0, 0.1) is 40.4 Å². The van der Waals surface area contributed by atoms with Gasteiger partial charge in [0.15, 0.2) is 5.78 Å². The lowest BCUT2D eigenvalue weighted by atomic mass is 9.49. The van der Waals surface area contributed by atoms with Crippen LogP contribution < -0.4 is 0 Å². The molecule has 29 heavy (non-hydrogen) atoms. The minimum atomic E-state index is -0.0864. The van der Waals surface area contributed by atoms with Gasteiger partial charge in [-0.25, -0.2) is 0 Å². The van der Waals surface area contributed by atoms with E-state index in [2.05, 4.69) is 39.0 Å². The van der Waals surface area contributed by atoms with Crippen molar-refractivity contribution in [3.63, 3.8) is 0 Å². The van der Waals surface area contributed by atoms with Crippen molar-refractivity contribution in [2.75, 3.05) is 7.11 Å². The molecule has 3 nitrogen and oxygen atoms in total. The highest BCUT2D eigenvalue weighted by Gasteiger charge is 2.58. The number of carbonyl (C=O) groups excluding carboxylic acids is 2. The third-order valence-corrected chi connectivity index (χ3v) is 9.14. The standard InChI is InChI=1S/C26H36O3/c1-17(6-5-7-24(28)29-4)21-10-11-22-20-9-8-18-16-19(27)12-14-25(18,2)23(20)13-15-26(21,22)3/h8-9,12,14,16-17,20-23H,5-7,10-11,13,15H2,1-4H3/t17-,20+,21-,22+,23+,25+,26-/m1/s1. The number of fused-ring (bicyclic) bond motifs is 5. The van der Waals surface area contributed by atoms with Gasteiger partial charge in [0, 0.05) is 11.8 Å². The molecule has 0 N–H and O–H groups in total. The number of hydrogen-bond donors (Lipinski definition) is 0. The Morgan fingerprint density at radius 2 is 2.00 bits per heavy atom. The zero-order chi connectivity index (χ0) is 20.8. The van der Waals surface area contributed by atoms with Crippen LogP contribution in [0.5, 0.6) is 0 Å². The molecule has 0 aromatic rings. The van der Waals surface area contributed by atoms with Crippen molar-refractivity contribution in [1.29, 1.82) is 0 Å². The number of ketones is 1. The summed E-state index contributed by atoms with van der Waals surface area (Å²) < 4.78 is 4.80. The van der Waals surface area contributed by atoms with Crippen LogP contribution >= 0.6 is 0 Å². The maximum absolute atomic E-state index is 11.9. The van der Waals surface area contributed by atoms with Crippen LogP contribution in [0.25, 0.3) is 0 Å². The Balaban J connectivity index is 1.51. The maximum Gasteiger partial charge on any atom is 0.305 e. The van der Waals surface area contributed by atoms with Gasteiger partial charge in [-0.1, -0.05) is 39.0 Å². The van der Waals surface area contributed by atoms with E-state index < -0.39 is 0 Å². The monoisotopic (exact) mass is 396 g/mol. The summed E-state index contributed by atoms with van der Waals surface area (Å²) in [4.78, 5) is 23.4. The largest absolute Gasteiger partial charge is 0.469 e. The van der Waals surface area contributed by atoms with Crippen LogP contribution in [-0.4, -0.2) is 18.9 Å². The topological polar surface area (TPSA) is 43.4 Å². The van der Waals surface area contributed by atoms with Gasteiger partial charge in [-0.3, -0.25) is 9.59 Å². The molecule has 3 heteroatoms. The molecular weight excluding hydrogens is 360 g/mol. The van der Waals surface area contributed by atoms with E-state index in [0.29, 0.717) is 29.6 Å². The van der Waals surface area contributed by atoms with E-state index in [0.717, 1.165) is 24.7 Å². The average Bonchev–Trinajstić information content (AvgIpc) is 3.05. The highest BCUT2D eigenvalue weighted by atomic mass is 16.5. The minimum Gasteiger partial charge on any atom is -0.469 e. The predicted molar refractivity (Wildman–Crippen MR) is 115 cm³/mol. The summed E-state index contributed by atoms with van der Waals surface area (Å²) in [6, 6.07) is 0. The summed E-state index contributed by atoms with van der Waals surface area (Å²) in [6.07, 6.45) is 18.2. The lowest BCUT2D eigenvalue weighted by Gasteiger charge is -2.55. The molecule has 158 valence electrons. The fourth-order valence-corrected chi connectivity index (χ4v) is 7.50. The van der Waals surface area contributed by atoms with Crippen LogP contribution in [0.4, 0.5) is 0 Å². The van der Waals surface area contributed by atoms with Crippen molar-refractivity contribution in [2.24, 2.45) is 40.4 Å². The predicted octanol–water partition coefficient (Wildman–Crippen LogP) is 5.67. The van der Waals surface area contributed by atoms with Gasteiger partial charge in [0.1, 0.15) is 0 Å². The number of allylic oxidation sites excluding steroid dienone is 6. The summed E-state index contributed by atoms with van der Waals surface area (Å²) in [6.45, 7) is 7.29. The molecular formula is C26H36O3. The SMILES string of the molecule is COC(=O)CCC[C@@H](C)[C@H]1CC[C@H]2[C@@H]3C=CC4=CC(=O)C=C[C@]4(C)[C@H]3CC[C@]12C. The Bertz CT molecular complexity index is 775. The Labute approximate surface area is 175 Å². The van der Waals surface area contributed by atoms with Crippen molar-refractivity contribution in [3.05, 3.63) is 36.0 Å². The van der Waals surface area contributed by atoms with E-state index >= 15 is 0 Å². The molecule has 0 spiro atoms. The smallest absolute Gasteiger partial charge is 0.305 e. The second kappa shape index (κ2) is 7.56. The van der Waals surface area contributed by atoms with E-state index in [1.54, 1.807) is 6.08 Å². The average molecular weight is 397 g/mol. The Hall–Kier alpha value is -1.64. The molecule has 4 aliphatic rings. The van der Waals surface area contributed by atoms with Crippen molar-refractivity contribution >= 4 is 11.8 Å². The Kier molecular flexibility index (Phi) is 5.38. The van der Waals surface area contributed by atoms with Crippen LogP contribution in [0.2, 0.25) is 0 Å². The minimum absolute atomic E-state index is 0.0128. The van der Waals surface area contributed by atoms with Gasteiger partial charge in [0.05, 0.1) is 7.11 Å². The van der Waals surface area contributed by atoms with Crippen molar-refractivity contribution in [1.82, 2.24) is 0 Å². The number of esters is 1. The normalized spacial score (nSPS) is 41.2. The van der Waals surface area contributed by atoms with Crippen LogP contribution in [-0.2, 0) is 14.3 Å². The molecule has 0 aliphatic heterocycles. The van der Waals surface area contributed by atoms with Gasteiger partial charge in [-0.05, 0) is 91.3 Å². The van der Waals surface area contributed by atoms with E-state index in [-0.39, 0.29) is 17.2 Å². The summed E-state index contributed by atoms with van der Waals surface area (Å²) in [7, 11) is 1.48. The summed E-state index contributed by atoms with van der Waals surface area (Å²) in [5.74, 6) is 3.38. The van der Waals surface area contributed by atoms with Gasteiger partial charge >= 0.3 is 5.97 Å². The number of hydrogen-bond acceptors (Lipinski definition) is 3. The van der Waals surface area contributed by atoms with Crippen LogP contribution in [0.15, 0.2) is 36.0 Å². The van der Waals surface area contributed by atoms with E-state index in [9.17, 15) is 9.59 Å². The highest BCUT2D eigenvalue weighted by Crippen LogP contribution is 2.65. The number of rotatable bonds is 5. The third kappa shape index (κ3) is 3.35. The molecule has 4 aliphatic carbocycles. The molecule has 2 saturated carbocycles. The van der Waals surface area contributed by atoms with Gasteiger partial charge in [-0.15, -0.1) is 0 Å². The van der Waals surface area contributed by atoms with Gasteiger partial charge in [0.25, 0.3) is 0 Å². The molecule has 0 heterocycles. The summed E-state index contributed by atoms with van der Waals surface area (Å²) >= 11 is 0. The fourth-order valence-electron chi connectivity index (χ4n) is 7.50. The number of methoxy groups -OCH3 is 1. The lowest BCUT2D eigenvalue weighted by Crippen LogP contribution is -2.48. The first-order valence-corrected chi connectivity index (χ1v) is 11.5. The molecule has 0 aromatic heterocycles. The van der Waals surface area contributed by atoms with Crippen LogP contribution in [0.1, 0.15) is 65.7 Å². The quantitative estimate of drug-likeness (QED) is 0.563. The Morgan fingerprint density at radius 3 is 2.76 bits per heavy atom. The highest BCUT2D eigenvalue weighted by molar-refractivity contribution is 6.01. The molecule has 0 saturated heterocycles. The second-order valence-electron chi connectivity index (χ2n) is 10.4.